The second kappa shape index (κ2) is 7.16. The SMILES string of the molecule is CC1=CCC[C@@]2(C)O[C@H]2[C@H]2OC(=O)[C@@H](CNCc3ccccc3)[C@@H]2CC1. The van der Waals surface area contributed by atoms with Gasteiger partial charge in [0, 0.05) is 19.0 Å². The molecule has 3 aliphatic rings. The van der Waals surface area contributed by atoms with Crippen LogP contribution >= 0.6 is 0 Å². The third kappa shape index (κ3) is 3.58. The maximum Gasteiger partial charge on any atom is 0.311 e. The number of carbonyl (C=O) groups excluding carboxylic acids is 1. The molecule has 5 atom stereocenters. The second-order valence-electron chi connectivity index (χ2n) is 8.27. The van der Waals surface area contributed by atoms with Crippen LogP contribution in [0.2, 0.25) is 0 Å². The normalized spacial score (nSPS) is 36.5. The van der Waals surface area contributed by atoms with Gasteiger partial charge in [0.15, 0.2) is 0 Å². The fourth-order valence-electron chi connectivity index (χ4n) is 4.54. The van der Waals surface area contributed by atoms with Crippen LogP contribution in [-0.2, 0) is 20.8 Å². The quantitative estimate of drug-likeness (QED) is 0.509. The molecule has 26 heavy (non-hydrogen) atoms. The summed E-state index contributed by atoms with van der Waals surface area (Å²) in [5.41, 5.74) is 2.53. The van der Waals surface area contributed by atoms with Crippen molar-refractivity contribution >= 4 is 5.97 Å². The number of epoxide rings is 1. The lowest BCUT2D eigenvalue weighted by Gasteiger charge is -2.22. The van der Waals surface area contributed by atoms with Gasteiger partial charge in [-0.2, -0.15) is 0 Å². The fourth-order valence-corrected chi connectivity index (χ4v) is 4.54. The topological polar surface area (TPSA) is 50.9 Å². The lowest BCUT2D eigenvalue weighted by molar-refractivity contribution is -0.144. The van der Waals surface area contributed by atoms with Crippen molar-refractivity contribution in [1.29, 1.82) is 0 Å². The van der Waals surface area contributed by atoms with Crippen molar-refractivity contribution in [3.05, 3.63) is 47.5 Å². The molecular formula is C22H29NO3. The van der Waals surface area contributed by atoms with Gasteiger partial charge in [-0.25, -0.2) is 0 Å². The van der Waals surface area contributed by atoms with Crippen LogP contribution in [0.5, 0.6) is 0 Å². The third-order valence-electron chi connectivity index (χ3n) is 6.27. The van der Waals surface area contributed by atoms with Gasteiger partial charge in [0.2, 0.25) is 0 Å². The predicted octanol–water partition coefficient (Wildman–Crippen LogP) is 3.61. The summed E-state index contributed by atoms with van der Waals surface area (Å²) in [5.74, 6) is 0.0997. The highest BCUT2D eigenvalue weighted by Crippen LogP contribution is 2.50. The number of carbonyl (C=O) groups is 1. The average molecular weight is 355 g/mol. The lowest BCUT2D eigenvalue weighted by Crippen LogP contribution is -2.34. The van der Waals surface area contributed by atoms with Gasteiger partial charge in [-0.3, -0.25) is 4.79 Å². The first-order chi connectivity index (χ1) is 12.6. The van der Waals surface area contributed by atoms with E-state index in [1.807, 2.05) is 18.2 Å². The van der Waals surface area contributed by atoms with Crippen LogP contribution in [0.3, 0.4) is 0 Å². The molecule has 1 aromatic rings. The molecule has 140 valence electrons. The van der Waals surface area contributed by atoms with Gasteiger partial charge in [0.1, 0.15) is 12.2 Å². The molecule has 2 aliphatic heterocycles. The first-order valence-electron chi connectivity index (χ1n) is 9.85. The van der Waals surface area contributed by atoms with Crippen LogP contribution in [0.4, 0.5) is 0 Å². The molecule has 4 heteroatoms. The highest BCUT2D eigenvalue weighted by atomic mass is 16.6. The lowest BCUT2D eigenvalue weighted by atomic mass is 9.80. The molecule has 2 heterocycles. The number of hydrogen-bond acceptors (Lipinski definition) is 4. The number of ether oxygens (including phenoxy) is 2. The molecule has 1 aliphatic carbocycles. The van der Waals surface area contributed by atoms with Gasteiger partial charge < -0.3 is 14.8 Å². The highest BCUT2D eigenvalue weighted by molar-refractivity contribution is 5.75. The second-order valence-corrected chi connectivity index (χ2v) is 8.27. The third-order valence-corrected chi connectivity index (χ3v) is 6.27. The Kier molecular flexibility index (Phi) is 4.89. The Hall–Kier alpha value is -1.65. The van der Waals surface area contributed by atoms with Crippen molar-refractivity contribution in [2.24, 2.45) is 11.8 Å². The summed E-state index contributed by atoms with van der Waals surface area (Å²) in [6.07, 6.45) is 6.41. The highest BCUT2D eigenvalue weighted by Gasteiger charge is 2.62. The zero-order valence-corrected chi connectivity index (χ0v) is 15.7. The average Bonchev–Trinajstić information content (AvgIpc) is 3.20. The van der Waals surface area contributed by atoms with Crippen molar-refractivity contribution in [3.63, 3.8) is 0 Å². The minimum Gasteiger partial charge on any atom is -0.459 e. The van der Waals surface area contributed by atoms with Crippen LogP contribution < -0.4 is 5.32 Å². The Morgan fingerprint density at radius 3 is 2.88 bits per heavy atom. The molecule has 2 fully saturated rings. The molecule has 4 rings (SSSR count). The van der Waals surface area contributed by atoms with E-state index >= 15 is 0 Å². The van der Waals surface area contributed by atoms with Crippen LogP contribution in [0, 0.1) is 11.8 Å². The van der Waals surface area contributed by atoms with E-state index in [2.05, 4.69) is 37.4 Å². The molecule has 0 radical (unpaired) electrons. The zero-order valence-electron chi connectivity index (χ0n) is 15.7. The smallest absolute Gasteiger partial charge is 0.311 e. The fraction of sp³-hybridized carbons (Fsp3) is 0.591. The van der Waals surface area contributed by atoms with Gasteiger partial charge in [-0.1, -0.05) is 42.0 Å². The molecule has 0 unspecified atom stereocenters. The van der Waals surface area contributed by atoms with E-state index < -0.39 is 0 Å². The monoisotopic (exact) mass is 355 g/mol. The molecule has 4 nitrogen and oxygen atoms in total. The van der Waals surface area contributed by atoms with E-state index in [-0.39, 0.29) is 35.6 Å². The number of allylic oxidation sites excluding steroid dienone is 2. The molecule has 2 saturated heterocycles. The number of rotatable bonds is 4. The minimum absolute atomic E-state index is 0.0562. The molecule has 1 N–H and O–H groups in total. The molecule has 1 aromatic carbocycles. The molecule has 0 aromatic heterocycles. The maximum atomic E-state index is 12.6. The zero-order chi connectivity index (χ0) is 18.1. The van der Waals surface area contributed by atoms with Crippen LogP contribution in [0.25, 0.3) is 0 Å². The van der Waals surface area contributed by atoms with Crippen molar-refractivity contribution in [3.8, 4) is 0 Å². The number of fused-ring (bicyclic) bond motifs is 3. The Balaban J connectivity index is 1.44. The Morgan fingerprint density at radius 2 is 2.08 bits per heavy atom. The van der Waals surface area contributed by atoms with Crippen molar-refractivity contribution in [1.82, 2.24) is 5.32 Å². The predicted molar refractivity (Wildman–Crippen MR) is 101 cm³/mol. The standard InChI is InChI=1S/C22H29NO3/c1-15-7-6-12-22(2)20(26-22)19-17(11-10-15)18(21(24)25-19)14-23-13-16-8-4-3-5-9-16/h3-5,7-9,17-20,23H,6,10-14H2,1-2H3/t17-,18-,19-,20-,22+/m0/s1. The Morgan fingerprint density at radius 1 is 1.27 bits per heavy atom. The van der Waals surface area contributed by atoms with E-state index in [0.29, 0.717) is 6.54 Å². The van der Waals surface area contributed by atoms with Crippen molar-refractivity contribution in [2.75, 3.05) is 6.54 Å². The van der Waals surface area contributed by atoms with E-state index in [0.717, 1.165) is 32.2 Å². The first-order valence-corrected chi connectivity index (χ1v) is 9.85. The van der Waals surface area contributed by atoms with Crippen molar-refractivity contribution in [2.45, 2.75) is 63.9 Å². The van der Waals surface area contributed by atoms with E-state index in [9.17, 15) is 4.79 Å². The minimum atomic E-state index is -0.121. The maximum absolute atomic E-state index is 12.6. The number of benzene rings is 1. The summed E-state index contributed by atoms with van der Waals surface area (Å²) in [6, 6.07) is 10.3. The number of hydrogen-bond donors (Lipinski definition) is 1. The summed E-state index contributed by atoms with van der Waals surface area (Å²) >= 11 is 0. The largest absolute Gasteiger partial charge is 0.459 e. The van der Waals surface area contributed by atoms with Gasteiger partial charge in [0.25, 0.3) is 0 Å². The summed E-state index contributed by atoms with van der Waals surface area (Å²) < 4.78 is 11.9. The molecule has 0 spiro atoms. The molecular weight excluding hydrogens is 326 g/mol. The van der Waals surface area contributed by atoms with Gasteiger partial charge in [-0.05, 0) is 45.1 Å². The number of nitrogens with one attached hydrogen (secondary N) is 1. The van der Waals surface area contributed by atoms with E-state index in [1.165, 1.54) is 11.1 Å². The molecule has 0 saturated carbocycles. The summed E-state index contributed by atoms with van der Waals surface area (Å²) in [7, 11) is 0. The summed E-state index contributed by atoms with van der Waals surface area (Å²) in [5, 5.41) is 3.46. The van der Waals surface area contributed by atoms with Crippen LogP contribution in [0.1, 0.15) is 45.1 Å². The van der Waals surface area contributed by atoms with Crippen molar-refractivity contribution < 1.29 is 14.3 Å². The van der Waals surface area contributed by atoms with Crippen LogP contribution in [-0.4, -0.2) is 30.3 Å². The molecule has 0 bridgehead atoms. The summed E-state index contributed by atoms with van der Waals surface area (Å²) in [4.78, 5) is 12.6. The Bertz CT molecular complexity index is 686. The van der Waals surface area contributed by atoms with E-state index in [4.69, 9.17) is 9.47 Å². The first kappa shape index (κ1) is 17.7. The van der Waals surface area contributed by atoms with Gasteiger partial charge in [-0.15, -0.1) is 0 Å². The molecule has 0 amide bonds. The van der Waals surface area contributed by atoms with E-state index in [1.54, 1.807) is 0 Å². The number of esters is 1. The Labute approximate surface area is 156 Å². The van der Waals surface area contributed by atoms with Crippen LogP contribution in [0.15, 0.2) is 42.0 Å². The van der Waals surface area contributed by atoms with Gasteiger partial charge in [0.05, 0.1) is 11.5 Å². The summed E-state index contributed by atoms with van der Waals surface area (Å²) in [6.45, 7) is 5.80. The van der Waals surface area contributed by atoms with Gasteiger partial charge >= 0.3 is 5.97 Å².